The predicted octanol–water partition coefficient (Wildman–Crippen LogP) is 0.799. The molecule has 4 atom stereocenters. The van der Waals surface area contributed by atoms with Crippen molar-refractivity contribution in [2.24, 2.45) is 5.92 Å². The smallest absolute Gasteiger partial charge is 0.146 e. The minimum absolute atomic E-state index is 0.0523. The van der Waals surface area contributed by atoms with Gasteiger partial charge in [-0.2, -0.15) is 0 Å². The quantitative estimate of drug-likeness (QED) is 0.632. The van der Waals surface area contributed by atoms with Crippen molar-refractivity contribution < 1.29 is 18.9 Å². The summed E-state index contributed by atoms with van der Waals surface area (Å²) in [5.74, 6) is 0.538. The van der Waals surface area contributed by atoms with Crippen molar-refractivity contribution in [2.45, 2.75) is 31.7 Å². The van der Waals surface area contributed by atoms with Gasteiger partial charge in [0.2, 0.25) is 0 Å². The molecular formula is C10H18O4. The molecule has 14 heavy (non-hydrogen) atoms. The molecule has 0 aliphatic carbocycles. The third kappa shape index (κ3) is 1.80. The molecule has 0 radical (unpaired) electrons. The predicted molar refractivity (Wildman–Crippen MR) is 50.0 cm³/mol. The molecule has 82 valence electrons. The fourth-order valence-corrected chi connectivity index (χ4v) is 2.19. The number of ether oxygens (including phenoxy) is 4. The van der Waals surface area contributed by atoms with Crippen LogP contribution in [-0.4, -0.2) is 45.4 Å². The van der Waals surface area contributed by atoms with Gasteiger partial charge in [-0.05, 0) is 6.42 Å². The Bertz CT molecular complexity index is 185. The van der Waals surface area contributed by atoms with Crippen LogP contribution in [-0.2, 0) is 18.9 Å². The van der Waals surface area contributed by atoms with E-state index in [-0.39, 0.29) is 18.3 Å². The lowest BCUT2D eigenvalue weighted by Gasteiger charge is -2.16. The van der Waals surface area contributed by atoms with Crippen LogP contribution < -0.4 is 0 Å². The largest absolute Gasteiger partial charge is 0.372 e. The van der Waals surface area contributed by atoms with Crippen LogP contribution in [0, 0.1) is 5.92 Å². The van der Waals surface area contributed by atoms with Gasteiger partial charge in [0, 0.05) is 13.0 Å². The molecule has 2 rings (SSSR count). The molecule has 0 amide bonds. The Balaban J connectivity index is 1.87. The molecule has 4 unspecified atom stereocenters. The summed E-state index contributed by atoms with van der Waals surface area (Å²) < 4.78 is 21.7. The average molecular weight is 202 g/mol. The Kier molecular flexibility index (Phi) is 3.38. The zero-order valence-corrected chi connectivity index (χ0v) is 8.77. The van der Waals surface area contributed by atoms with E-state index < -0.39 is 0 Å². The second-order valence-electron chi connectivity index (χ2n) is 3.88. The molecule has 4 nitrogen and oxygen atoms in total. The van der Waals surface area contributed by atoms with Crippen molar-refractivity contribution in [2.75, 3.05) is 27.1 Å². The molecule has 4 heteroatoms. The number of hydrogen-bond donors (Lipinski definition) is 0. The van der Waals surface area contributed by atoms with Crippen molar-refractivity contribution in [1.29, 1.82) is 0 Å². The van der Waals surface area contributed by atoms with Crippen molar-refractivity contribution in [3.8, 4) is 0 Å². The third-order valence-corrected chi connectivity index (χ3v) is 3.03. The first-order valence-corrected chi connectivity index (χ1v) is 5.20. The molecule has 0 aromatic rings. The molecule has 0 bridgehead atoms. The van der Waals surface area contributed by atoms with Crippen LogP contribution in [0.2, 0.25) is 0 Å². The van der Waals surface area contributed by atoms with Gasteiger partial charge in [-0.1, -0.05) is 6.92 Å². The summed E-state index contributed by atoms with van der Waals surface area (Å²) >= 11 is 0. The van der Waals surface area contributed by atoms with E-state index in [0.717, 1.165) is 13.0 Å². The standard InChI is InChI=1S/C10H18O4/c1-3-7-4-12-10-8(14-6-11-2)5-13-9(7)10/h7-10H,3-6H2,1-2H3. The Morgan fingerprint density at radius 2 is 2.00 bits per heavy atom. The Morgan fingerprint density at radius 1 is 1.21 bits per heavy atom. The Labute approximate surface area is 84.5 Å². The van der Waals surface area contributed by atoms with Gasteiger partial charge in [0.25, 0.3) is 0 Å². The van der Waals surface area contributed by atoms with Crippen LogP contribution in [0.25, 0.3) is 0 Å². The van der Waals surface area contributed by atoms with E-state index in [1.54, 1.807) is 7.11 Å². The molecule has 2 saturated heterocycles. The molecular weight excluding hydrogens is 184 g/mol. The lowest BCUT2D eigenvalue weighted by atomic mass is 9.99. The van der Waals surface area contributed by atoms with Crippen LogP contribution >= 0.6 is 0 Å². The summed E-state index contributed by atoms with van der Waals surface area (Å²) in [5, 5.41) is 0. The van der Waals surface area contributed by atoms with E-state index in [4.69, 9.17) is 18.9 Å². The van der Waals surface area contributed by atoms with Gasteiger partial charge in [-0.3, -0.25) is 0 Å². The summed E-state index contributed by atoms with van der Waals surface area (Å²) in [4.78, 5) is 0. The van der Waals surface area contributed by atoms with E-state index in [1.807, 2.05) is 0 Å². The monoisotopic (exact) mass is 202 g/mol. The zero-order chi connectivity index (χ0) is 9.97. The van der Waals surface area contributed by atoms with Crippen LogP contribution in [0.3, 0.4) is 0 Å². The number of rotatable bonds is 4. The first-order chi connectivity index (χ1) is 6.86. The maximum atomic E-state index is 5.68. The van der Waals surface area contributed by atoms with Crippen LogP contribution in [0.5, 0.6) is 0 Å². The van der Waals surface area contributed by atoms with Crippen LogP contribution in [0.15, 0.2) is 0 Å². The molecule has 0 N–H and O–H groups in total. The van der Waals surface area contributed by atoms with Crippen molar-refractivity contribution in [3.63, 3.8) is 0 Å². The van der Waals surface area contributed by atoms with Gasteiger partial charge in [-0.25, -0.2) is 0 Å². The Hall–Kier alpha value is -0.160. The normalized spacial score (nSPS) is 41.6. The van der Waals surface area contributed by atoms with Gasteiger partial charge in [-0.15, -0.1) is 0 Å². The summed E-state index contributed by atoms with van der Waals surface area (Å²) in [6.07, 6.45) is 1.52. The lowest BCUT2D eigenvalue weighted by Crippen LogP contribution is -2.31. The second-order valence-corrected chi connectivity index (χ2v) is 3.88. The first-order valence-electron chi connectivity index (χ1n) is 5.20. The zero-order valence-electron chi connectivity index (χ0n) is 8.77. The van der Waals surface area contributed by atoms with Gasteiger partial charge < -0.3 is 18.9 Å². The van der Waals surface area contributed by atoms with E-state index in [9.17, 15) is 0 Å². The van der Waals surface area contributed by atoms with Gasteiger partial charge >= 0.3 is 0 Å². The summed E-state index contributed by atoms with van der Waals surface area (Å²) in [6, 6.07) is 0. The van der Waals surface area contributed by atoms with Crippen LogP contribution in [0.4, 0.5) is 0 Å². The highest BCUT2D eigenvalue weighted by atomic mass is 16.7. The third-order valence-electron chi connectivity index (χ3n) is 3.03. The number of methoxy groups -OCH3 is 1. The van der Waals surface area contributed by atoms with Gasteiger partial charge in [0.15, 0.2) is 0 Å². The molecule has 0 aromatic heterocycles. The fraction of sp³-hybridized carbons (Fsp3) is 1.00. The highest BCUT2D eigenvalue weighted by Crippen LogP contribution is 2.33. The highest BCUT2D eigenvalue weighted by molar-refractivity contribution is 4.94. The molecule has 2 heterocycles. The maximum absolute atomic E-state index is 5.68. The van der Waals surface area contributed by atoms with E-state index in [0.29, 0.717) is 19.3 Å². The molecule has 2 aliphatic rings. The minimum Gasteiger partial charge on any atom is -0.372 e. The maximum Gasteiger partial charge on any atom is 0.146 e. The minimum atomic E-state index is 0.0523. The molecule has 0 aromatic carbocycles. The molecule has 2 fully saturated rings. The number of hydrogen-bond acceptors (Lipinski definition) is 4. The van der Waals surface area contributed by atoms with Crippen molar-refractivity contribution in [1.82, 2.24) is 0 Å². The fourth-order valence-electron chi connectivity index (χ4n) is 2.19. The number of fused-ring (bicyclic) bond motifs is 1. The first kappa shape index (κ1) is 10.4. The van der Waals surface area contributed by atoms with Gasteiger partial charge in [0.1, 0.15) is 19.0 Å². The topological polar surface area (TPSA) is 36.9 Å². The molecule has 2 aliphatic heterocycles. The average Bonchev–Trinajstić information content (AvgIpc) is 2.75. The molecule has 0 spiro atoms. The SMILES string of the molecule is CCC1COC2C(OCOC)COC12. The summed E-state index contributed by atoms with van der Waals surface area (Å²) in [5.41, 5.74) is 0. The lowest BCUT2D eigenvalue weighted by molar-refractivity contribution is -0.105. The van der Waals surface area contributed by atoms with Gasteiger partial charge in [0.05, 0.1) is 19.3 Å². The van der Waals surface area contributed by atoms with Crippen molar-refractivity contribution >= 4 is 0 Å². The second kappa shape index (κ2) is 4.57. The Morgan fingerprint density at radius 3 is 2.71 bits per heavy atom. The van der Waals surface area contributed by atoms with Crippen molar-refractivity contribution in [3.05, 3.63) is 0 Å². The molecule has 0 saturated carbocycles. The summed E-state index contributed by atoms with van der Waals surface area (Å²) in [6.45, 7) is 3.92. The highest BCUT2D eigenvalue weighted by Gasteiger charge is 2.47. The van der Waals surface area contributed by atoms with E-state index in [2.05, 4.69) is 6.92 Å². The van der Waals surface area contributed by atoms with E-state index >= 15 is 0 Å². The van der Waals surface area contributed by atoms with Crippen LogP contribution in [0.1, 0.15) is 13.3 Å². The summed E-state index contributed by atoms with van der Waals surface area (Å²) in [7, 11) is 1.62. The van der Waals surface area contributed by atoms with E-state index in [1.165, 1.54) is 0 Å².